The van der Waals surface area contributed by atoms with Crippen LogP contribution >= 0.6 is 24.0 Å². The molecule has 0 aliphatic carbocycles. The predicted molar refractivity (Wildman–Crippen MR) is 59.2 cm³/mol. The number of aldehydes is 1. The van der Waals surface area contributed by atoms with Crippen LogP contribution in [0, 0.1) is 11.3 Å². The van der Waals surface area contributed by atoms with Crippen LogP contribution in [-0.4, -0.2) is 6.29 Å². The zero-order valence-electron chi connectivity index (χ0n) is 7.02. The fourth-order valence-electron chi connectivity index (χ4n) is 1.32. The maximum absolute atomic E-state index is 10.7. The molecule has 1 aromatic carbocycles. The smallest absolute Gasteiger partial charge is 0.151 e. The first-order valence-corrected chi connectivity index (χ1v) is 5.19. The van der Waals surface area contributed by atoms with E-state index in [-0.39, 0.29) is 0 Å². The number of nitrogens with zero attached hydrogens (tertiary/aromatic N) is 1. The Morgan fingerprint density at radius 2 is 2.36 bits per heavy atom. The number of carbonyl (C=O) groups excluding carboxylic acids is 1. The summed E-state index contributed by atoms with van der Waals surface area (Å²) in [6.45, 7) is 0. The van der Waals surface area contributed by atoms with Gasteiger partial charge in [0.25, 0.3) is 0 Å². The van der Waals surface area contributed by atoms with E-state index >= 15 is 0 Å². The van der Waals surface area contributed by atoms with E-state index in [1.807, 2.05) is 17.5 Å². The molecule has 1 heterocycles. The summed E-state index contributed by atoms with van der Waals surface area (Å²) in [6, 6.07) is 5.62. The van der Waals surface area contributed by atoms with E-state index in [0.717, 1.165) is 10.1 Å². The summed E-state index contributed by atoms with van der Waals surface area (Å²) in [4.78, 5) is 11.3. The van der Waals surface area contributed by atoms with Gasteiger partial charge in [-0.15, -0.1) is 24.0 Å². The molecule has 0 aliphatic rings. The van der Waals surface area contributed by atoms with Gasteiger partial charge in [-0.1, -0.05) is 0 Å². The Morgan fingerprint density at radius 1 is 1.57 bits per heavy atom. The Hall–Kier alpha value is -1.31. The molecule has 2 rings (SSSR count). The molecule has 0 saturated carbocycles. The number of hydrogen-bond donors (Lipinski definition) is 1. The lowest BCUT2D eigenvalue weighted by molar-refractivity contribution is 0.112. The number of nitriles is 1. The topological polar surface area (TPSA) is 40.9 Å². The first-order chi connectivity index (χ1) is 6.77. The van der Waals surface area contributed by atoms with E-state index in [2.05, 4.69) is 12.6 Å². The molecule has 4 heteroatoms. The van der Waals surface area contributed by atoms with Gasteiger partial charge in [0.1, 0.15) is 6.07 Å². The van der Waals surface area contributed by atoms with Gasteiger partial charge in [-0.2, -0.15) is 5.26 Å². The molecule has 2 aromatic rings. The highest BCUT2D eigenvalue weighted by Crippen LogP contribution is 2.31. The average molecular weight is 219 g/mol. The third kappa shape index (κ3) is 1.22. The van der Waals surface area contributed by atoms with Gasteiger partial charge >= 0.3 is 0 Å². The van der Waals surface area contributed by atoms with Crippen molar-refractivity contribution in [3.63, 3.8) is 0 Å². The molecule has 0 fully saturated rings. The number of rotatable bonds is 1. The third-order valence-electron chi connectivity index (χ3n) is 2.00. The number of thiol groups is 1. The van der Waals surface area contributed by atoms with Crippen LogP contribution in [0.25, 0.3) is 10.1 Å². The van der Waals surface area contributed by atoms with Crippen molar-refractivity contribution in [1.29, 1.82) is 5.26 Å². The van der Waals surface area contributed by atoms with Crippen molar-refractivity contribution in [3.8, 4) is 6.07 Å². The summed E-state index contributed by atoms with van der Waals surface area (Å²) in [5.74, 6) is 0. The quantitative estimate of drug-likeness (QED) is 0.592. The van der Waals surface area contributed by atoms with Crippen LogP contribution in [0.15, 0.2) is 22.4 Å². The van der Waals surface area contributed by atoms with E-state index in [1.54, 1.807) is 6.07 Å². The lowest BCUT2D eigenvalue weighted by Gasteiger charge is -2.01. The lowest BCUT2D eigenvalue weighted by Crippen LogP contribution is -1.89. The van der Waals surface area contributed by atoms with Crippen molar-refractivity contribution in [2.24, 2.45) is 0 Å². The molecule has 0 N–H and O–H groups in total. The van der Waals surface area contributed by atoms with Crippen LogP contribution < -0.4 is 0 Å². The van der Waals surface area contributed by atoms with Crippen LogP contribution in [0.2, 0.25) is 0 Å². The van der Waals surface area contributed by atoms with Crippen LogP contribution in [0.3, 0.4) is 0 Å². The van der Waals surface area contributed by atoms with Crippen molar-refractivity contribution in [3.05, 3.63) is 28.6 Å². The minimum absolute atomic E-state index is 0.356. The van der Waals surface area contributed by atoms with E-state index < -0.39 is 0 Å². The summed E-state index contributed by atoms with van der Waals surface area (Å²) >= 11 is 5.79. The van der Waals surface area contributed by atoms with Gasteiger partial charge in [0, 0.05) is 20.5 Å². The Labute approximate surface area is 90.2 Å². The van der Waals surface area contributed by atoms with Gasteiger partial charge in [0.2, 0.25) is 0 Å². The van der Waals surface area contributed by atoms with Gasteiger partial charge in [0.15, 0.2) is 6.29 Å². The second-order valence-corrected chi connectivity index (χ2v) is 4.15. The number of fused-ring (bicyclic) bond motifs is 1. The Morgan fingerprint density at radius 3 is 3.00 bits per heavy atom. The second-order valence-electron chi connectivity index (χ2n) is 2.75. The first kappa shape index (κ1) is 9.25. The van der Waals surface area contributed by atoms with Gasteiger partial charge in [-0.05, 0) is 17.5 Å². The van der Waals surface area contributed by atoms with Crippen LogP contribution in [0.5, 0.6) is 0 Å². The Balaban J connectivity index is 2.94. The molecule has 1 aromatic heterocycles. The normalized spacial score (nSPS) is 10.0. The van der Waals surface area contributed by atoms with Gasteiger partial charge in [0.05, 0.1) is 5.56 Å². The molecule has 0 spiro atoms. The molecule has 14 heavy (non-hydrogen) atoms. The molecular weight excluding hydrogens is 214 g/mol. The summed E-state index contributed by atoms with van der Waals surface area (Å²) < 4.78 is 0.983. The minimum Gasteiger partial charge on any atom is -0.298 e. The van der Waals surface area contributed by atoms with E-state index in [1.165, 1.54) is 11.3 Å². The number of carbonyl (C=O) groups is 1. The fourth-order valence-corrected chi connectivity index (χ4v) is 2.62. The highest BCUT2D eigenvalue weighted by molar-refractivity contribution is 7.80. The zero-order chi connectivity index (χ0) is 10.1. The molecule has 68 valence electrons. The largest absolute Gasteiger partial charge is 0.298 e. The summed E-state index contributed by atoms with van der Waals surface area (Å²) in [7, 11) is 0. The monoisotopic (exact) mass is 219 g/mol. The van der Waals surface area contributed by atoms with E-state index in [4.69, 9.17) is 5.26 Å². The second kappa shape index (κ2) is 3.45. The number of hydrogen-bond acceptors (Lipinski definition) is 4. The van der Waals surface area contributed by atoms with Crippen LogP contribution in [0.1, 0.15) is 15.9 Å². The summed E-state index contributed by atoms with van der Waals surface area (Å²) in [5, 5.41) is 11.7. The van der Waals surface area contributed by atoms with Crippen molar-refractivity contribution < 1.29 is 4.79 Å². The molecule has 0 amide bonds. The summed E-state index contributed by atoms with van der Waals surface area (Å²) in [5.41, 5.74) is 0.765. The predicted octanol–water partition coefficient (Wildman–Crippen LogP) is 2.87. The van der Waals surface area contributed by atoms with Crippen molar-refractivity contribution in [1.82, 2.24) is 0 Å². The molecule has 0 aliphatic heterocycles. The molecular formula is C10H5NOS2. The first-order valence-electron chi connectivity index (χ1n) is 3.86. The molecule has 0 radical (unpaired) electrons. The number of benzene rings is 1. The fraction of sp³-hybridized carbons (Fsp3) is 0. The van der Waals surface area contributed by atoms with Crippen molar-refractivity contribution in [2.75, 3.05) is 0 Å². The molecule has 0 unspecified atom stereocenters. The maximum Gasteiger partial charge on any atom is 0.151 e. The van der Waals surface area contributed by atoms with E-state index in [0.29, 0.717) is 22.3 Å². The highest BCUT2D eigenvalue weighted by Gasteiger charge is 2.10. The zero-order valence-corrected chi connectivity index (χ0v) is 8.73. The SMILES string of the molecule is N#Cc1c(C=O)cc2sccc2c1S. The van der Waals surface area contributed by atoms with Crippen LogP contribution in [-0.2, 0) is 0 Å². The van der Waals surface area contributed by atoms with Gasteiger partial charge in [-0.3, -0.25) is 4.79 Å². The van der Waals surface area contributed by atoms with E-state index in [9.17, 15) is 4.79 Å². The maximum atomic E-state index is 10.7. The molecule has 0 atom stereocenters. The molecule has 0 saturated heterocycles. The minimum atomic E-state index is 0.356. The standard InChI is InChI=1S/C10H5NOS2/c11-4-8-6(5-12)3-9-7(10(8)13)1-2-14-9/h1-3,5,13H. The number of thiophene rings is 1. The van der Waals surface area contributed by atoms with Crippen molar-refractivity contribution in [2.45, 2.75) is 4.90 Å². The summed E-state index contributed by atoms with van der Waals surface area (Å²) in [6.07, 6.45) is 0.692. The molecule has 2 nitrogen and oxygen atoms in total. The third-order valence-corrected chi connectivity index (χ3v) is 3.33. The Bertz CT molecular complexity index is 551. The van der Waals surface area contributed by atoms with Crippen LogP contribution in [0.4, 0.5) is 0 Å². The average Bonchev–Trinajstić information content (AvgIpc) is 2.65. The molecule has 0 bridgehead atoms. The highest BCUT2D eigenvalue weighted by atomic mass is 32.1. The van der Waals surface area contributed by atoms with Gasteiger partial charge < -0.3 is 0 Å². The van der Waals surface area contributed by atoms with Gasteiger partial charge in [-0.25, -0.2) is 0 Å². The van der Waals surface area contributed by atoms with Crippen molar-refractivity contribution >= 4 is 40.3 Å². The lowest BCUT2D eigenvalue weighted by atomic mass is 10.1. The Kier molecular flexibility index (Phi) is 2.28.